The van der Waals surface area contributed by atoms with Gasteiger partial charge in [-0.2, -0.15) is 0 Å². The summed E-state index contributed by atoms with van der Waals surface area (Å²) in [6, 6.07) is 8.93. The average Bonchev–Trinajstić information content (AvgIpc) is 2.37. The molecule has 0 fully saturated rings. The lowest BCUT2D eigenvalue weighted by Gasteiger charge is -2.18. The lowest BCUT2D eigenvalue weighted by molar-refractivity contribution is -0.134. The maximum absolute atomic E-state index is 11.6. The van der Waals surface area contributed by atoms with Crippen LogP contribution in [0, 0.1) is 5.41 Å². The van der Waals surface area contributed by atoms with E-state index in [4.69, 9.17) is 4.74 Å². The molecule has 1 aromatic carbocycles. The van der Waals surface area contributed by atoms with Crippen LogP contribution in [0.25, 0.3) is 0 Å². The van der Waals surface area contributed by atoms with Crippen LogP contribution in [0.2, 0.25) is 0 Å². The van der Waals surface area contributed by atoms with Gasteiger partial charge in [0.05, 0.1) is 0 Å². The van der Waals surface area contributed by atoms with E-state index in [0.29, 0.717) is 25.1 Å². The van der Waals surface area contributed by atoms with E-state index >= 15 is 0 Å². The molecule has 0 aliphatic carbocycles. The van der Waals surface area contributed by atoms with Crippen LogP contribution in [0.5, 0.6) is 5.75 Å². The highest BCUT2D eigenvalue weighted by molar-refractivity contribution is 5.77. The number of benzene rings is 1. The first kappa shape index (κ1) is 16.2. The predicted octanol–water partition coefficient (Wildman–Crippen LogP) is 2.92. The lowest BCUT2D eigenvalue weighted by Crippen LogP contribution is -2.32. The maximum atomic E-state index is 11.6. The first-order valence-electron chi connectivity index (χ1n) is 6.89. The zero-order valence-corrected chi connectivity index (χ0v) is 12.4. The van der Waals surface area contributed by atoms with Crippen molar-refractivity contribution in [2.24, 2.45) is 5.41 Å². The van der Waals surface area contributed by atoms with Gasteiger partial charge in [0.25, 0.3) is 0 Å². The van der Waals surface area contributed by atoms with E-state index in [1.165, 1.54) is 0 Å². The molecule has 1 N–H and O–H groups in total. The maximum Gasteiger partial charge on any atom is 0.311 e. The van der Waals surface area contributed by atoms with Gasteiger partial charge in [0.15, 0.2) is 0 Å². The van der Waals surface area contributed by atoms with Crippen LogP contribution < -0.4 is 10.1 Å². The standard InChI is InChI=1S/C16H23NO3/c1-16(2,3)12-17-14(18)10-7-11-15(19)20-13-8-5-4-6-9-13/h4-6,8-9H,7,10-12H2,1-3H3,(H,17,18). The highest BCUT2D eigenvalue weighted by Crippen LogP contribution is 2.11. The Balaban J connectivity index is 2.17. The van der Waals surface area contributed by atoms with E-state index in [-0.39, 0.29) is 23.7 Å². The molecule has 0 saturated carbocycles. The number of carbonyl (C=O) groups is 2. The molecule has 0 saturated heterocycles. The Kier molecular flexibility index (Phi) is 6.22. The van der Waals surface area contributed by atoms with Crippen molar-refractivity contribution in [3.8, 4) is 5.75 Å². The molecule has 0 atom stereocenters. The molecule has 0 aliphatic heterocycles. The van der Waals surface area contributed by atoms with Gasteiger partial charge < -0.3 is 10.1 Å². The van der Waals surface area contributed by atoms with E-state index in [2.05, 4.69) is 26.1 Å². The summed E-state index contributed by atoms with van der Waals surface area (Å²) < 4.78 is 5.14. The number of carbonyl (C=O) groups excluding carboxylic acids is 2. The van der Waals surface area contributed by atoms with E-state index in [0.717, 1.165) is 0 Å². The first-order chi connectivity index (χ1) is 9.37. The Morgan fingerprint density at radius 3 is 2.35 bits per heavy atom. The smallest absolute Gasteiger partial charge is 0.311 e. The third kappa shape index (κ3) is 7.56. The fraction of sp³-hybridized carbons (Fsp3) is 0.500. The van der Waals surface area contributed by atoms with Crippen LogP contribution in [0.4, 0.5) is 0 Å². The summed E-state index contributed by atoms with van der Waals surface area (Å²) in [5.74, 6) is 0.210. The van der Waals surface area contributed by atoms with Crippen molar-refractivity contribution in [3.05, 3.63) is 30.3 Å². The zero-order chi connectivity index (χ0) is 15.0. The van der Waals surface area contributed by atoms with E-state index < -0.39 is 0 Å². The monoisotopic (exact) mass is 277 g/mol. The molecule has 0 bridgehead atoms. The van der Waals surface area contributed by atoms with Gasteiger partial charge in [-0.05, 0) is 24.0 Å². The van der Waals surface area contributed by atoms with Crippen LogP contribution in [-0.4, -0.2) is 18.4 Å². The van der Waals surface area contributed by atoms with Gasteiger partial charge in [-0.1, -0.05) is 39.0 Å². The second-order valence-electron chi connectivity index (χ2n) is 5.98. The van der Waals surface area contributed by atoms with Crippen molar-refractivity contribution in [2.45, 2.75) is 40.0 Å². The zero-order valence-electron chi connectivity index (χ0n) is 12.4. The summed E-state index contributed by atoms with van der Waals surface area (Å²) in [5, 5.41) is 2.85. The summed E-state index contributed by atoms with van der Waals surface area (Å²) in [6.45, 7) is 6.82. The van der Waals surface area contributed by atoms with Gasteiger partial charge in [0, 0.05) is 19.4 Å². The van der Waals surface area contributed by atoms with Crippen LogP contribution in [0.3, 0.4) is 0 Å². The Labute approximate surface area is 120 Å². The highest BCUT2D eigenvalue weighted by atomic mass is 16.5. The Bertz CT molecular complexity index is 435. The Morgan fingerprint density at radius 1 is 1.10 bits per heavy atom. The molecule has 4 nitrogen and oxygen atoms in total. The number of esters is 1. The highest BCUT2D eigenvalue weighted by Gasteiger charge is 2.12. The molecule has 1 rings (SSSR count). The molecule has 20 heavy (non-hydrogen) atoms. The largest absolute Gasteiger partial charge is 0.427 e. The van der Waals surface area contributed by atoms with Gasteiger partial charge in [-0.25, -0.2) is 0 Å². The summed E-state index contributed by atoms with van der Waals surface area (Å²) in [7, 11) is 0. The number of hydrogen-bond donors (Lipinski definition) is 1. The summed E-state index contributed by atoms with van der Waals surface area (Å²) >= 11 is 0. The van der Waals surface area contributed by atoms with Crippen LogP contribution in [0.15, 0.2) is 30.3 Å². The summed E-state index contributed by atoms with van der Waals surface area (Å²) in [4.78, 5) is 23.1. The number of para-hydroxylation sites is 1. The van der Waals surface area contributed by atoms with Gasteiger partial charge >= 0.3 is 5.97 Å². The van der Waals surface area contributed by atoms with E-state index in [9.17, 15) is 9.59 Å². The van der Waals surface area contributed by atoms with E-state index in [1.54, 1.807) is 12.1 Å². The van der Waals surface area contributed by atoms with Gasteiger partial charge in [-0.15, -0.1) is 0 Å². The Hall–Kier alpha value is -1.84. The second-order valence-corrected chi connectivity index (χ2v) is 5.98. The summed E-state index contributed by atoms with van der Waals surface area (Å²) in [5.41, 5.74) is 0.0713. The van der Waals surface area contributed by atoms with Crippen LogP contribution in [-0.2, 0) is 9.59 Å². The van der Waals surface area contributed by atoms with Crippen molar-refractivity contribution < 1.29 is 14.3 Å². The Morgan fingerprint density at radius 2 is 1.75 bits per heavy atom. The van der Waals surface area contributed by atoms with Gasteiger partial charge in [0.1, 0.15) is 5.75 Å². The molecule has 0 heterocycles. The van der Waals surface area contributed by atoms with Crippen LogP contribution >= 0.6 is 0 Å². The predicted molar refractivity (Wildman–Crippen MR) is 78.4 cm³/mol. The molecule has 110 valence electrons. The number of rotatable bonds is 6. The molecule has 0 unspecified atom stereocenters. The fourth-order valence-corrected chi connectivity index (χ4v) is 1.52. The van der Waals surface area contributed by atoms with E-state index in [1.807, 2.05) is 18.2 Å². The molecular weight excluding hydrogens is 254 g/mol. The normalized spacial score (nSPS) is 10.9. The first-order valence-corrected chi connectivity index (χ1v) is 6.89. The fourth-order valence-electron chi connectivity index (χ4n) is 1.52. The number of hydrogen-bond acceptors (Lipinski definition) is 3. The molecule has 1 amide bonds. The topological polar surface area (TPSA) is 55.4 Å². The second kappa shape index (κ2) is 7.68. The molecule has 0 aromatic heterocycles. The third-order valence-corrected chi connectivity index (χ3v) is 2.58. The molecule has 1 aromatic rings. The molecule has 0 aliphatic rings. The number of amides is 1. The average molecular weight is 277 g/mol. The van der Waals surface area contributed by atoms with Crippen molar-refractivity contribution in [1.82, 2.24) is 5.32 Å². The summed E-state index contributed by atoms with van der Waals surface area (Å²) in [6.07, 6.45) is 1.10. The number of ether oxygens (including phenoxy) is 1. The third-order valence-electron chi connectivity index (χ3n) is 2.58. The van der Waals surface area contributed by atoms with Gasteiger partial charge in [-0.3, -0.25) is 9.59 Å². The quantitative estimate of drug-likeness (QED) is 0.642. The minimum Gasteiger partial charge on any atom is -0.427 e. The van der Waals surface area contributed by atoms with Gasteiger partial charge in [0.2, 0.25) is 5.91 Å². The minimum absolute atomic E-state index is 0.0209. The number of nitrogens with one attached hydrogen (secondary N) is 1. The SMILES string of the molecule is CC(C)(C)CNC(=O)CCCC(=O)Oc1ccccc1. The molecular formula is C16H23NO3. The van der Waals surface area contributed by atoms with Crippen molar-refractivity contribution in [3.63, 3.8) is 0 Å². The van der Waals surface area contributed by atoms with Crippen molar-refractivity contribution in [1.29, 1.82) is 0 Å². The molecule has 0 radical (unpaired) electrons. The minimum atomic E-state index is -0.306. The lowest BCUT2D eigenvalue weighted by atomic mass is 9.97. The van der Waals surface area contributed by atoms with Crippen molar-refractivity contribution >= 4 is 11.9 Å². The van der Waals surface area contributed by atoms with Crippen LogP contribution in [0.1, 0.15) is 40.0 Å². The molecule has 0 spiro atoms. The molecule has 4 heteroatoms. The van der Waals surface area contributed by atoms with Crippen molar-refractivity contribution in [2.75, 3.05) is 6.54 Å².